The van der Waals surface area contributed by atoms with Crippen LogP contribution in [-0.2, 0) is 21.7 Å². The number of urea groups is 1. The Labute approximate surface area is 228 Å². The second-order valence-electron chi connectivity index (χ2n) is 10.7. The lowest BCUT2D eigenvalue weighted by Crippen LogP contribution is -2.52. The zero-order chi connectivity index (χ0) is 27.5. The molecule has 5 amide bonds. The molecule has 2 aliphatic heterocycles. The summed E-state index contributed by atoms with van der Waals surface area (Å²) in [7, 11) is 1.64. The summed E-state index contributed by atoms with van der Waals surface area (Å²) in [5.74, 6) is 0.452. The van der Waals surface area contributed by atoms with Crippen LogP contribution in [0.25, 0.3) is 10.2 Å². The third-order valence-electron chi connectivity index (χ3n) is 7.33. The topological polar surface area (TPSA) is 143 Å². The monoisotopic (exact) mass is 548 g/mol. The van der Waals surface area contributed by atoms with E-state index in [4.69, 9.17) is 9.72 Å². The molecule has 11 nitrogen and oxygen atoms in total. The van der Waals surface area contributed by atoms with Gasteiger partial charge in [-0.3, -0.25) is 25.0 Å². The predicted molar refractivity (Wildman–Crippen MR) is 144 cm³/mol. The van der Waals surface area contributed by atoms with Gasteiger partial charge in [-0.15, -0.1) is 11.3 Å². The second-order valence-corrected chi connectivity index (χ2v) is 11.7. The molecule has 12 heteroatoms. The van der Waals surface area contributed by atoms with Crippen molar-refractivity contribution in [2.45, 2.75) is 63.6 Å². The Balaban J connectivity index is 1.15. The summed E-state index contributed by atoms with van der Waals surface area (Å²) in [6.07, 6.45) is 2.82. The Kier molecular flexibility index (Phi) is 6.01. The number of hydrogen-bond acceptors (Lipinski definition) is 8. The van der Waals surface area contributed by atoms with Crippen molar-refractivity contribution < 1.29 is 23.9 Å². The van der Waals surface area contributed by atoms with E-state index in [0.717, 1.165) is 21.0 Å². The van der Waals surface area contributed by atoms with Gasteiger partial charge in [-0.2, -0.15) is 0 Å². The standard InChI is InChI=1S/C27H28N6O5S/c1-27(2,25-31-22-18(38-3)10-14(13-4-5-13)11-19(22)39-25)32-26(37)29-20-8-6-15-16(28-20)12-33(24(15)36)17-7-9-21(34)30-23(17)35/h6,8,10-11,13,17H,4-5,7,9,12H2,1-3H3,(H,30,34,35)(H2,28,29,32,37). The molecule has 2 aromatic heterocycles. The third kappa shape index (κ3) is 4.69. The molecule has 4 heterocycles. The number of carbonyl (C=O) groups excluding carboxylic acids is 4. The van der Waals surface area contributed by atoms with Gasteiger partial charge in [-0.25, -0.2) is 14.8 Å². The number of pyridine rings is 1. The molecule has 202 valence electrons. The van der Waals surface area contributed by atoms with E-state index >= 15 is 0 Å². The number of ether oxygens (including phenoxy) is 1. The zero-order valence-electron chi connectivity index (χ0n) is 21.8. The van der Waals surface area contributed by atoms with Crippen LogP contribution < -0.4 is 20.7 Å². The summed E-state index contributed by atoms with van der Waals surface area (Å²) in [5, 5.41) is 8.74. The molecule has 1 saturated heterocycles. The van der Waals surface area contributed by atoms with Crippen LogP contribution in [0.2, 0.25) is 0 Å². The molecule has 0 radical (unpaired) electrons. The Morgan fingerprint density at radius 1 is 1.15 bits per heavy atom. The number of nitrogens with one attached hydrogen (secondary N) is 3. The van der Waals surface area contributed by atoms with Crippen molar-refractivity contribution in [1.29, 1.82) is 0 Å². The number of benzene rings is 1. The van der Waals surface area contributed by atoms with Gasteiger partial charge in [0.15, 0.2) is 0 Å². The van der Waals surface area contributed by atoms with E-state index in [1.807, 2.05) is 13.8 Å². The van der Waals surface area contributed by atoms with Crippen molar-refractivity contribution >= 4 is 51.1 Å². The van der Waals surface area contributed by atoms with Gasteiger partial charge in [-0.05, 0) is 68.9 Å². The number of anilines is 1. The van der Waals surface area contributed by atoms with E-state index in [1.165, 1.54) is 34.6 Å². The van der Waals surface area contributed by atoms with Gasteiger partial charge in [0, 0.05) is 6.42 Å². The summed E-state index contributed by atoms with van der Waals surface area (Å²) in [6.45, 7) is 3.88. The van der Waals surface area contributed by atoms with Gasteiger partial charge in [0.1, 0.15) is 28.1 Å². The minimum Gasteiger partial charge on any atom is -0.494 e. The number of aromatic nitrogens is 2. The summed E-state index contributed by atoms with van der Waals surface area (Å²) < 4.78 is 6.63. The molecule has 6 rings (SSSR count). The first-order valence-electron chi connectivity index (χ1n) is 12.9. The number of imide groups is 1. The average Bonchev–Trinajstić information content (AvgIpc) is 3.56. The van der Waals surface area contributed by atoms with E-state index in [9.17, 15) is 19.2 Å². The van der Waals surface area contributed by atoms with Crippen LogP contribution in [-0.4, -0.2) is 51.8 Å². The average molecular weight is 549 g/mol. The maximum atomic E-state index is 13.0. The SMILES string of the molecule is COc1cc(C2CC2)cc2sc(C(C)(C)NC(=O)Nc3ccc4c(n3)CN(C3CCC(=O)NC3=O)C4=O)nc12. The van der Waals surface area contributed by atoms with E-state index in [-0.39, 0.29) is 37.0 Å². The predicted octanol–water partition coefficient (Wildman–Crippen LogP) is 3.40. The number of nitrogens with zero attached hydrogens (tertiary/aromatic N) is 3. The minimum atomic E-state index is -0.784. The lowest BCUT2D eigenvalue weighted by atomic mass is 10.0. The molecular weight excluding hydrogens is 520 g/mol. The minimum absolute atomic E-state index is 0.124. The van der Waals surface area contributed by atoms with Crippen molar-refractivity contribution in [1.82, 2.24) is 25.5 Å². The Hall–Kier alpha value is -4.06. The molecule has 1 atom stereocenters. The largest absolute Gasteiger partial charge is 0.494 e. The summed E-state index contributed by atoms with van der Waals surface area (Å²) in [6, 6.07) is 6.18. The maximum Gasteiger partial charge on any atom is 0.321 e. The number of hydrogen-bond donors (Lipinski definition) is 3. The molecule has 39 heavy (non-hydrogen) atoms. The van der Waals surface area contributed by atoms with E-state index in [2.05, 4.69) is 33.1 Å². The van der Waals surface area contributed by atoms with Gasteiger partial charge < -0.3 is 15.0 Å². The highest BCUT2D eigenvalue weighted by molar-refractivity contribution is 7.18. The van der Waals surface area contributed by atoms with Crippen molar-refractivity contribution in [2.24, 2.45) is 0 Å². The zero-order valence-corrected chi connectivity index (χ0v) is 22.6. The summed E-state index contributed by atoms with van der Waals surface area (Å²) in [5.41, 5.74) is 2.10. The summed E-state index contributed by atoms with van der Waals surface area (Å²) in [4.78, 5) is 60.3. The quantitative estimate of drug-likeness (QED) is 0.401. The van der Waals surface area contributed by atoms with Crippen LogP contribution in [0, 0.1) is 0 Å². The molecule has 0 bridgehead atoms. The molecule has 3 aromatic rings. The highest BCUT2D eigenvalue weighted by Crippen LogP contribution is 2.44. The van der Waals surface area contributed by atoms with E-state index < -0.39 is 23.5 Å². The Morgan fingerprint density at radius 2 is 1.95 bits per heavy atom. The van der Waals surface area contributed by atoms with Gasteiger partial charge >= 0.3 is 6.03 Å². The second kappa shape index (κ2) is 9.30. The number of carbonyl (C=O) groups is 4. The smallest absolute Gasteiger partial charge is 0.321 e. The van der Waals surface area contributed by atoms with Crippen LogP contribution in [0.5, 0.6) is 5.75 Å². The molecular formula is C27H28N6O5S. The van der Waals surface area contributed by atoms with Crippen LogP contribution in [0.3, 0.4) is 0 Å². The van der Waals surface area contributed by atoms with E-state index in [0.29, 0.717) is 17.2 Å². The number of amides is 5. The molecule has 1 unspecified atom stereocenters. The lowest BCUT2D eigenvalue weighted by Gasteiger charge is -2.29. The van der Waals surface area contributed by atoms with E-state index in [1.54, 1.807) is 19.2 Å². The molecule has 3 aliphatic rings. The first kappa shape index (κ1) is 25.2. The van der Waals surface area contributed by atoms with Crippen molar-refractivity contribution in [3.05, 3.63) is 46.1 Å². The van der Waals surface area contributed by atoms with Crippen LogP contribution in [0.4, 0.5) is 10.6 Å². The highest BCUT2D eigenvalue weighted by Gasteiger charge is 2.40. The first-order chi connectivity index (χ1) is 18.6. The maximum absolute atomic E-state index is 13.0. The van der Waals surface area contributed by atoms with Crippen LogP contribution >= 0.6 is 11.3 Å². The number of thiazole rings is 1. The van der Waals surface area contributed by atoms with Crippen molar-refractivity contribution in [3.63, 3.8) is 0 Å². The number of fused-ring (bicyclic) bond motifs is 2. The highest BCUT2D eigenvalue weighted by atomic mass is 32.1. The Morgan fingerprint density at radius 3 is 2.67 bits per heavy atom. The van der Waals surface area contributed by atoms with Crippen LogP contribution in [0.15, 0.2) is 24.3 Å². The van der Waals surface area contributed by atoms with Gasteiger partial charge in [-0.1, -0.05) is 0 Å². The molecule has 3 N–H and O–H groups in total. The van der Waals surface area contributed by atoms with Gasteiger partial charge in [0.25, 0.3) is 5.91 Å². The Bertz CT molecular complexity index is 1540. The molecule has 1 saturated carbocycles. The molecule has 0 spiro atoms. The first-order valence-corrected chi connectivity index (χ1v) is 13.7. The fourth-order valence-corrected chi connectivity index (χ4v) is 6.17. The molecule has 2 fully saturated rings. The van der Waals surface area contributed by atoms with Crippen molar-refractivity contribution in [3.8, 4) is 5.75 Å². The van der Waals surface area contributed by atoms with Gasteiger partial charge in [0.05, 0.1) is 35.2 Å². The molecule has 1 aliphatic carbocycles. The van der Waals surface area contributed by atoms with Crippen molar-refractivity contribution in [2.75, 3.05) is 12.4 Å². The number of rotatable bonds is 6. The van der Waals surface area contributed by atoms with Gasteiger partial charge in [0.2, 0.25) is 11.8 Å². The third-order valence-corrected chi connectivity index (χ3v) is 8.65. The lowest BCUT2D eigenvalue weighted by molar-refractivity contribution is -0.136. The fraction of sp³-hybridized carbons (Fsp3) is 0.407. The molecule has 1 aromatic carbocycles. The normalized spacial score (nSPS) is 19.2. The number of piperidine rings is 1. The fourth-order valence-electron chi connectivity index (χ4n) is 5.08. The van der Waals surface area contributed by atoms with Crippen LogP contribution in [0.1, 0.15) is 72.1 Å². The number of methoxy groups -OCH3 is 1. The summed E-state index contributed by atoms with van der Waals surface area (Å²) >= 11 is 1.53.